The smallest absolute Gasteiger partial charge is 0.338 e. The monoisotopic (exact) mass is 397 g/mol. The Kier molecular flexibility index (Phi) is 8.25. The molecule has 5 nitrogen and oxygen atoms in total. The highest BCUT2D eigenvalue weighted by molar-refractivity contribution is 5.93. The molecule has 0 fully saturated rings. The van der Waals surface area contributed by atoms with Gasteiger partial charge in [0.05, 0.1) is 12.2 Å². The first-order valence-electron chi connectivity index (χ1n) is 10.1. The number of ether oxygens (including phenoxy) is 2. The summed E-state index contributed by atoms with van der Waals surface area (Å²) in [5.74, 6) is 0.985. The second-order valence-corrected chi connectivity index (χ2v) is 7.91. The second kappa shape index (κ2) is 10.6. The second-order valence-electron chi connectivity index (χ2n) is 7.91. The van der Waals surface area contributed by atoms with E-state index in [1.165, 1.54) is 5.56 Å². The van der Waals surface area contributed by atoms with Crippen molar-refractivity contribution in [2.45, 2.75) is 47.0 Å². The van der Waals surface area contributed by atoms with E-state index in [0.29, 0.717) is 35.4 Å². The van der Waals surface area contributed by atoms with Gasteiger partial charge in [-0.05, 0) is 72.7 Å². The van der Waals surface area contributed by atoms with E-state index in [4.69, 9.17) is 9.47 Å². The molecule has 2 aromatic rings. The van der Waals surface area contributed by atoms with Crippen LogP contribution in [0.3, 0.4) is 0 Å². The van der Waals surface area contributed by atoms with E-state index in [-0.39, 0.29) is 18.5 Å². The Morgan fingerprint density at radius 1 is 1.00 bits per heavy atom. The van der Waals surface area contributed by atoms with Crippen molar-refractivity contribution < 1.29 is 19.1 Å². The zero-order valence-corrected chi connectivity index (χ0v) is 18.0. The summed E-state index contributed by atoms with van der Waals surface area (Å²) in [5.41, 5.74) is 3.48. The number of carbonyl (C=O) groups excluding carboxylic acids is 2. The van der Waals surface area contributed by atoms with Crippen LogP contribution < -0.4 is 10.1 Å². The molecule has 0 unspecified atom stereocenters. The van der Waals surface area contributed by atoms with E-state index in [0.717, 1.165) is 12.0 Å². The van der Waals surface area contributed by atoms with Crippen molar-refractivity contribution in [1.82, 2.24) is 0 Å². The van der Waals surface area contributed by atoms with Gasteiger partial charge in [0, 0.05) is 5.69 Å². The van der Waals surface area contributed by atoms with E-state index in [2.05, 4.69) is 33.0 Å². The van der Waals surface area contributed by atoms with Crippen molar-refractivity contribution in [2.24, 2.45) is 5.92 Å². The van der Waals surface area contributed by atoms with Gasteiger partial charge in [-0.1, -0.05) is 33.8 Å². The lowest BCUT2D eigenvalue weighted by molar-refractivity contribution is -0.118. The van der Waals surface area contributed by atoms with Crippen molar-refractivity contribution in [2.75, 3.05) is 18.5 Å². The maximum Gasteiger partial charge on any atom is 0.338 e. The Morgan fingerprint density at radius 2 is 1.69 bits per heavy atom. The number of anilines is 1. The molecule has 0 atom stereocenters. The third-order valence-electron chi connectivity index (χ3n) is 4.57. The van der Waals surface area contributed by atoms with Crippen LogP contribution in [0.2, 0.25) is 0 Å². The van der Waals surface area contributed by atoms with Crippen LogP contribution in [0.15, 0.2) is 42.5 Å². The van der Waals surface area contributed by atoms with Gasteiger partial charge >= 0.3 is 5.97 Å². The van der Waals surface area contributed by atoms with Crippen molar-refractivity contribution in [3.8, 4) is 5.75 Å². The highest BCUT2D eigenvalue weighted by Gasteiger charge is 2.10. The Morgan fingerprint density at radius 3 is 2.28 bits per heavy atom. The number of nitrogens with one attached hydrogen (secondary N) is 1. The summed E-state index contributed by atoms with van der Waals surface area (Å²) in [6, 6.07) is 12.5. The largest absolute Gasteiger partial charge is 0.484 e. The summed E-state index contributed by atoms with van der Waals surface area (Å²) >= 11 is 0. The molecule has 0 saturated heterocycles. The van der Waals surface area contributed by atoms with E-state index < -0.39 is 0 Å². The van der Waals surface area contributed by atoms with Gasteiger partial charge in [-0.15, -0.1) is 0 Å². The van der Waals surface area contributed by atoms with Gasteiger partial charge < -0.3 is 14.8 Å². The molecule has 0 saturated carbocycles. The number of amides is 1. The highest BCUT2D eigenvalue weighted by Crippen LogP contribution is 2.23. The van der Waals surface area contributed by atoms with Crippen molar-refractivity contribution >= 4 is 17.6 Å². The summed E-state index contributed by atoms with van der Waals surface area (Å²) in [7, 11) is 0. The number of benzene rings is 2. The first-order valence-corrected chi connectivity index (χ1v) is 10.1. The predicted molar refractivity (Wildman–Crippen MR) is 116 cm³/mol. The SMILES string of the molecule is Cc1cc(OCC(=O)Nc2ccc(C(=O)OCCC(C)C)cc2)ccc1C(C)C. The van der Waals surface area contributed by atoms with E-state index >= 15 is 0 Å². The fourth-order valence-corrected chi connectivity index (χ4v) is 2.89. The van der Waals surface area contributed by atoms with E-state index in [1.807, 2.05) is 25.1 Å². The average molecular weight is 398 g/mol. The highest BCUT2D eigenvalue weighted by atomic mass is 16.5. The van der Waals surface area contributed by atoms with Crippen LogP contribution in [0.25, 0.3) is 0 Å². The summed E-state index contributed by atoms with van der Waals surface area (Å²) in [6.07, 6.45) is 0.833. The van der Waals surface area contributed by atoms with Crippen molar-refractivity contribution in [3.05, 3.63) is 59.2 Å². The molecule has 0 radical (unpaired) electrons. The minimum atomic E-state index is -0.355. The van der Waals surface area contributed by atoms with Crippen LogP contribution in [0.1, 0.15) is 61.5 Å². The Labute approximate surface area is 173 Å². The van der Waals surface area contributed by atoms with Gasteiger partial charge in [-0.3, -0.25) is 4.79 Å². The van der Waals surface area contributed by atoms with Crippen molar-refractivity contribution in [1.29, 1.82) is 0 Å². The van der Waals surface area contributed by atoms with Crippen LogP contribution in [0.5, 0.6) is 5.75 Å². The normalized spacial score (nSPS) is 10.9. The molecule has 29 heavy (non-hydrogen) atoms. The van der Waals surface area contributed by atoms with E-state index in [1.54, 1.807) is 24.3 Å². The Balaban J connectivity index is 1.83. The lowest BCUT2D eigenvalue weighted by Crippen LogP contribution is -2.20. The molecule has 0 heterocycles. The lowest BCUT2D eigenvalue weighted by atomic mass is 9.98. The summed E-state index contributed by atoms with van der Waals surface area (Å²) in [6.45, 7) is 10.8. The molecule has 0 aliphatic heterocycles. The Bertz CT molecular complexity index is 825. The molecular weight excluding hydrogens is 366 g/mol. The molecule has 1 amide bonds. The van der Waals surface area contributed by atoms with E-state index in [9.17, 15) is 9.59 Å². The van der Waals surface area contributed by atoms with Gasteiger partial charge in [0.25, 0.3) is 5.91 Å². The fraction of sp³-hybridized carbons (Fsp3) is 0.417. The molecule has 0 aliphatic rings. The Hall–Kier alpha value is -2.82. The lowest BCUT2D eigenvalue weighted by Gasteiger charge is -2.12. The minimum Gasteiger partial charge on any atom is -0.484 e. The number of carbonyl (C=O) groups is 2. The van der Waals surface area contributed by atoms with Crippen molar-refractivity contribution in [3.63, 3.8) is 0 Å². The first kappa shape index (κ1) is 22.5. The molecule has 0 bridgehead atoms. The van der Waals surface area contributed by atoms with Crippen LogP contribution in [-0.4, -0.2) is 25.1 Å². The van der Waals surface area contributed by atoms with Gasteiger partial charge in [0.15, 0.2) is 6.61 Å². The summed E-state index contributed by atoms with van der Waals surface area (Å²) < 4.78 is 10.8. The number of rotatable bonds is 9. The molecule has 0 aliphatic carbocycles. The third kappa shape index (κ3) is 7.26. The topological polar surface area (TPSA) is 64.6 Å². The molecule has 5 heteroatoms. The average Bonchev–Trinajstić information content (AvgIpc) is 2.66. The predicted octanol–water partition coefficient (Wildman–Crippen LogP) is 5.34. The maximum atomic E-state index is 12.1. The first-order chi connectivity index (χ1) is 13.8. The van der Waals surface area contributed by atoms with Crippen LogP contribution in [0.4, 0.5) is 5.69 Å². The minimum absolute atomic E-state index is 0.0839. The number of esters is 1. The standard InChI is InChI=1S/C24H31NO4/c1-16(2)12-13-28-24(27)19-6-8-20(9-7-19)25-23(26)15-29-21-10-11-22(17(3)4)18(5)14-21/h6-11,14,16-17H,12-13,15H2,1-5H3,(H,25,26). The molecule has 0 spiro atoms. The van der Waals surface area contributed by atoms with Crippen LogP contribution in [-0.2, 0) is 9.53 Å². The number of aryl methyl sites for hydroxylation is 1. The van der Waals surface area contributed by atoms with Gasteiger partial charge in [0.1, 0.15) is 5.75 Å². The third-order valence-corrected chi connectivity index (χ3v) is 4.57. The molecular formula is C24H31NO4. The van der Waals surface area contributed by atoms with Gasteiger partial charge in [-0.25, -0.2) is 4.79 Å². The maximum absolute atomic E-state index is 12.1. The van der Waals surface area contributed by atoms with Gasteiger partial charge in [0.2, 0.25) is 0 Å². The quantitative estimate of drug-likeness (QED) is 0.580. The van der Waals surface area contributed by atoms with Crippen LogP contribution in [0, 0.1) is 12.8 Å². The summed E-state index contributed by atoms with van der Waals surface area (Å²) in [5, 5.41) is 2.76. The van der Waals surface area contributed by atoms with Gasteiger partial charge in [-0.2, -0.15) is 0 Å². The fourth-order valence-electron chi connectivity index (χ4n) is 2.89. The zero-order valence-electron chi connectivity index (χ0n) is 18.0. The molecule has 156 valence electrons. The zero-order chi connectivity index (χ0) is 21.4. The molecule has 2 rings (SSSR count). The molecule has 2 aromatic carbocycles. The number of hydrogen-bond acceptors (Lipinski definition) is 4. The molecule has 1 N–H and O–H groups in total. The summed E-state index contributed by atoms with van der Waals surface area (Å²) in [4.78, 5) is 24.1. The van der Waals surface area contributed by atoms with Crippen LogP contribution >= 0.6 is 0 Å². The number of hydrogen-bond donors (Lipinski definition) is 1. The molecule has 0 aromatic heterocycles.